The Hall–Kier alpha value is -3.92. The van der Waals surface area contributed by atoms with Crippen LogP contribution in [-0.2, 0) is 11.3 Å². The molecule has 7 heterocycles. The molecule has 2 amide bonds. The van der Waals surface area contributed by atoms with Crippen LogP contribution in [0.4, 0.5) is 0 Å². The number of ether oxygens (including phenoxy) is 1. The van der Waals surface area contributed by atoms with E-state index in [9.17, 15) is 9.59 Å². The number of amides is 2. The number of rotatable bonds is 6. The van der Waals surface area contributed by atoms with Gasteiger partial charge in [-0.05, 0) is 88.5 Å². The van der Waals surface area contributed by atoms with Gasteiger partial charge in [0, 0.05) is 53.6 Å². The number of fused-ring (bicyclic) bond motifs is 4. The van der Waals surface area contributed by atoms with Gasteiger partial charge in [-0.25, -0.2) is 9.97 Å². The third kappa shape index (κ3) is 5.02. The van der Waals surface area contributed by atoms with E-state index in [2.05, 4.69) is 34.6 Å². The van der Waals surface area contributed by atoms with E-state index in [4.69, 9.17) is 20.4 Å². The molecule has 4 atom stereocenters. The molecule has 4 aromatic heterocycles. The van der Waals surface area contributed by atoms with Gasteiger partial charge in [0.1, 0.15) is 17.0 Å². The fraction of sp³-hybridized carbons (Fsp3) is 0.568. The molecule has 8 rings (SSSR count). The number of nitrogens with two attached hydrogens (primary N) is 1. The maximum atomic E-state index is 13.8. The van der Waals surface area contributed by atoms with Crippen LogP contribution in [0.1, 0.15) is 99.9 Å². The van der Waals surface area contributed by atoms with Crippen LogP contribution in [0.25, 0.3) is 28.1 Å². The molecule has 4 aromatic rings. The SMILES string of the molecule is COc1cc(C(=O)N2[C@H]3CC[C@@H]2[C@H](N)C3)cc2nc(-c3cc4ccc(C5CCCCN5C(=O)C(C)(C)C)nc4n3CC3CC3)c(C)n12. The number of piperidine rings is 1. The summed E-state index contributed by atoms with van der Waals surface area (Å²) in [5.74, 6) is 1.39. The summed E-state index contributed by atoms with van der Waals surface area (Å²) in [6, 6.07) is 10.6. The largest absolute Gasteiger partial charge is 0.482 e. The molecule has 2 N–H and O–H groups in total. The first-order valence-corrected chi connectivity index (χ1v) is 17.5. The Kier molecular flexibility index (Phi) is 7.17. The molecular formula is C37H47N7O3. The van der Waals surface area contributed by atoms with Gasteiger partial charge in [0.2, 0.25) is 5.91 Å². The number of nitrogens with zero attached hydrogens (tertiary/aromatic N) is 6. The van der Waals surface area contributed by atoms with Crippen molar-refractivity contribution >= 4 is 28.5 Å². The highest BCUT2D eigenvalue weighted by atomic mass is 16.5. The first-order chi connectivity index (χ1) is 22.5. The third-order valence-corrected chi connectivity index (χ3v) is 11.1. The number of carbonyl (C=O) groups excluding carboxylic acids is 2. The van der Waals surface area contributed by atoms with E-state index in [0.29, 0.717) is 23.0 Å². The molecule has 47 heavy (non-hydrogen) atoms. The van der Waals surface area contributed by atoms with Gasteiger partial charge in [-0.2, -0.15) is 0 Å². The quantitative estimate of drug-likeness (QED) is 0.283. The Labute approximate surface area is 276 Å². The summed E-state index contributed by atoms with van der Waals surface area (Å²) >= 11 is 0. The molecule has 0 radical (unpaired) electrons. The Morgan fingerprint density at radius 1 is 1.02 bits per heavy atom. The van der Waals surface area contributed by atoms with Gasteiger partial charge in [0.25, 0.3) is 5.91 Å². The molecule has 1 unspecified atom stereocenters. The van der Waals surface area contributed by atoms with Gasteiger partial charge in [-0.15, -0.1) is 0 Å². The van der Waals surface area contributed by atoms with Crippen molar-refractivity contribution in [2.75, 3.05) is 13.7 Å². The smallest absolute Gasteiger partial charge is 0.254 e. The molecule has 0 spiro atoms. The molecule has 10 nitrogen and oxygen atoms in total. The maximum absolute atomic E-state index is 13.8. The van der Waals surface area contributed by atoms with Crippen LogP contribution >= 0.6 is 0 Å². The van der Waals surface area contributed by atoms with Crippen LogP contribution in [0.5, 0.6) is 5.88 Å². The number of methoxy groups -OCH3 is 1. The lowest BCUT2D eigenvalue weighted by Gasteiger charge is -2.39. The van der Waals surface area contributed by atoms with E-state index in [-0.39, 0.29) is 36.0 Å². The van der Waals surface area contributed by atoms with Crippen LogP contribution in [0.2, 0.25) is 0 Å². The standard InChI is InChI=1S/C37H47N7O3/c1-21-33(40-31-17-24(18-32(47-5)43(21)31)35(45)44-25-12-14-28(44)26(38)19-25)30-16-23-11-13-27(39-34(23)42(30)20-22-9-10-22)29-8-6-7-15-41(29)36(46)37(2,3)4/h11,13,16-18,22,25-26,28-29H,6-10,12,14-15,19-20,38H2,1-5H3/t25-,26+,28+,29?/m0/s1. The summed E-state index contributed by atoms with van der Waals surface area (Å²) in [7, 11) is 1.64. The zero-order valence-electron chi connectivity index (χ0n) is 28.3. The summed E-state index contributed by atoms with van der Waals surface area (Å²) in [4.78, 5) is 41.9. The zero-order valence-corrected chi connectivity index (χ0v) is 28.3. The average molecular weight is 638 g/mol. The summed E-state index contributed by atoms with van der Waals surface area (Å²) in [6.45, 7) is 9.71. The number of aryl methyl sites for hydroxylation is 1. The summed E-state index contributed by atoms with van der Waals surface area (Å²) in [5, 5.41) is 1.06. The molecule has 3 saturated heterocycles. The van der Waals surface area contributed by atoms with Crippen LogP contribution in [-0.4, -0.2) is 72.3 Å². The number of hydrogen-bond donors (Lipinski definition) is 1. The number of imidazole rings is 1. The fourth-order valence-corrected chi connectivity index (χ4v) is 8.47. The summed E-state index contributed by atoms with van der Waals surface area (Å²) < 4.78 is 10.2. The van der Waals surface area contributed by atoms with Crippen LogP contribution in [0.3, 0.4) is 0 Å². The Balaban J connectivity index is 1.21. The van der Waals surface area contributed by atoms with E-state index in [1.807, 2.05) is 42.2 Å². The minimum Gasteiger partial charge on any atom is -0.482 e. The molecule has 248 valence electrons. The van der Waals surface area contributed by atoms with E-state index in [1.54, 1.807) is 7.11 Å². The van der Waals surface area contributed by atoms with E-state index >= 15 is 0 Å². The normalized spacial score (nSPS) is 24.6. The lowest BCUT2D eigenvalue weighted by atomic mass is 9.90. The lowest BCUT2D eigenvalue weighted by Crippen LogP contribution is -2.44. The predicted octanol–water partition coefficient (Wildman–Crippen LogP) is 5.88. The van der Waals surface area contributed by atoms with Gasteiger partial charge in [-0.1, -0.05) is 20.8 Å². The lowest BCUT2D eigenvalue weighted by molar-refractivity contribution is -0.143. The first-order valence-electron chi connectivity index (χ1n) is 17.5. The number of likely N-dealkylation sites (tertiary alicyclic amines) is 1. The van der Waals surface area contributed by atoms with Crippen molar-refractivity contribution in [3.63, 3.8) is 0 Å². The molecule has 3 aliphatic heterocycles. The second-order valence-electron chi connectivity index (χ2n) is 15.4. The Morgan fingerprint density at radius 3 is 2.51 bits per heavy atom. The van der Waals surface area contributed by atoms with Crippen molar-refractivity contribution in [3.05, 3.63) is 47.3 Å². The minimum atomic E-state index is -0.438. The van der Waals surface area contributed by atoms with Crippen LogP contribution in [0, 0.1) is 18.3 Å². The molecule has 4 fully saturated rings. The van der Waals surface area contributed by atoms with Crippen molar-refractivity contribution in [3.8, 4) is 17.3 Å². The van der Waals surface area contributed by atoms with Gasteiger partial charge < -0.3 is 24.8 Å². The molecule has 10 heteroatoms. The average Bonchev–Trinajstić information content (AvgIpc) is 3.37. The monoisotopic (exact) mass is 637 g/mol. The van der Waals surface area contributed by atoms with Gasteiger partial charge in [0.05, 0.1) is 30.2 Å². The van der Waals surface area contributed by atoms with Crippen LogP contribution in [0.15, 0.2) is 30.3 Å². The van der Waals surface area contributed by atoms with Crippen molar-refractivity contribution in [1.29, 1.82) is 0 Å². The van der Waals surface area contributed by atoms with E-state index in [0.717, 1.165) is 85.4 Å². The number of carbonyl (C=O) groups is 2. The highest BCUT2D eigenvalue weighted by molar-refractivity contribution is 5.97. The second-order valence-corrected chi connectivity index (χ2v) is 15.4. The number of aromatic nitrogens is 4. The van der Waals surface area contributed by atoms with E-state index < -0.39 is 5.41 Å². The molecule has 0 aromatic carbocycles. The van der Waals surface area contributed by atoms with Crippen molar-refractivity contribution in [2.45, 2.75) is 110 Å². The minimum absolute atomic E-state index is 0.00901. The Morgan fingerprint density at radius 2 is 1.83 bits per heavy atom. The number of hydrogen-bond acceptors (Lipinski definition) is 6. The van der Waals surface area contributed by atoms with Crippen molar-refractivity contribution in [2.24, 2.45) is 17.1 Å². The van der Waals surface area contributed by atoms with E-state index in [1.165, 1.54) is 12.8 Å². The molecule has 1 saturated carbocycles. The molecule has 4 aliphatic rings. The van der Waals surface area contributed by atoms with Gasteiger partial charge in [-0.3, -0.25) is 14.0 Å². The summed E-state index contributed by atoms with van der Waals surface area (Å²) in [5.41, 5.74) is 11.9. The number of pyridine rings is 2. The third-order valence-electron chi connectivity index (χ3n) is 11.1. The second kappa shape index (κ2) is 11.1. The highest BCUT2D eigenvalue weighted by Gasteiger charge is 2.47. The predicted molar refractivity (Wildman–Crippen MR) is 181 cm³/mol. The Bertz CT molecular complexity index is 1900. The molecular weight excluding hydrogens is 590 g/mol. The van der Waals surface area contributed by atoms with Crippen molar-refractivity contribution in [1.82, 2.24) is 28.7 Å². The van der Waals surface area contributed by atoms with Gasteiger partial charge in [0.15, 0.2) is 5.88 Å². The zero-order chi connectivity index (χ0) is 32.8. The van der Waals surface area contributed by atoms with Crippen LogP contribution < -0.4 is 10.5 Å². The molecule has 2 bridgehead atoms. The highest BCUT2D eigenvalue weighted by Crippen LogP contribution is 2.41. The topological polar surface area (TPSA) is 111 Å². The first kappa shape index (κ1) is 30.4. The fourth-order valence-electron chi connectivity index (χ4n) is 8.47. The molecule has 1 aliphatic carbocycles. The van der Waals surface area contributed by atoms with Gasteiger partial charge >= 0.3 is 0 Å². The maximum Gasteiger partial charge on any atom is 0.254 e. The van der Waals surface area contributed by atoms with Crippen molar-refractivity contribution < 1.29 is 14.3 Å². The summed E-state index contributed by atoms with van der Waals surface area (Å²) in [6.07, 6.45) is 8.31.